The van der Waals surface area contributed by atoms with E-state index < -0.39 is 0 Å². The van der Waals surface area contributed by atoms with Crippen LogP contribution in [0.5, 0.6) is 5.75 Å². The van der Waals surface area contributed by atoms with Crippen LogP contribution < -0.4 is 4.74 Å². The number of rotatable bonds is 3. The maximum Gasteiger partial charge on any atom is 0.122 e. The van der Waals surface area contributed by atoms with Gasteiger partial charge in [0.1, 0.15) is 5.75 Å². The van der Waals surface area contributed by atoms with Gasteiger partial charge in [-0.2, -0.15) is 0 Å². The van der Waals surface area contributed by atoms with Crippen LogP contribution in [0.1, 0.15) is 31.2 Å². The molecule has 0 radical (unpaired) electrons. The van der Waals surface area contributed by atoms with Crippen molar-refractivity contribution >= 4 is 15.9 Å². The number of halogens is 1. The molecule has 0 amide bonds. The Hall–Kier alpha value is -0.540. The number of hydrogen-bond donors (Lipinski definition) is 1. The first kappa shape index (κ1) is 12.9. The molecule has 1 aliphatic rings. The van der Waals surface area contributed by atoms with Crippen molar-refractivity contribution in [3.63, 3.8) is 0 Å². The molecule has 1 aromatic carbocycles. The van der Waals surface area contributed by atoms with E-state index in [2.05, 4.69) is 22.0 Å². The van der Waals surface area contributed by atoms with Crippen molar-refractivity contribution < 1.29 is 9.84 Å². The average Bonchev–Trinajstić information content (AvgIpc) is 2.32. The summed E-state index contributed by atoms with van der Waals surface area (Å²) in [4.78, 5) is 0. The summed E-state index contributed by atoms with van der Waals surface area (Å²) >= 11 is 3.49. The number of aliphatic hydroxyl groups excluding tert-OH is 1. The Morgan fingerprint density at radius 2 is 2.12 bits per heavy atom. The Kier molecular flexibility index (Phi) is 4.46. The van der Waals surface area contributed by atoms with E-state index in [9.17, 15) is 5.11 Å². The minimum absolute atomic E-state index is 0.146. The molecule has 1 fully saturated rings. The molecular formula is C14H19BrO2. The van der Waals surface area contributed by atoms with Gasteiger partial charge in [-0.1, -0.05) is 28.8 Å². The number of aliphatic hydroxyl groups is 1. The third kappa shape index (κ3) is 3.23. The first-order chi connectivity index (χ1) is 8.20. The second-order valence-corrected chi connectivity index (χ2v) is 5.69. The zero-order valence-corrected chi connectivity index (χ0v) is 11.7. The van der Waals surface area contributed by atoms with Gasteiger partial charge in [0.2, 0.25) is 0 Å². The van der Waals surface area contributed by atoms with Gasteiger partial charge in [0.15, 0.2) is 0 Å². The molecule has 0 aromatic heterocycles. The van der Waals surface area contributed by atoms with Crippen molar-refractivity contribution in [1.82, 2.24) is 0 Å². The predicted molar refractivity (Wildman–Crippen MR) is 72.4 cm³/mol. The minimum atomic E-state index is -0.146. The lowest BCUT2D eigenvalue weighted by Gasteiger charge is -2.28. The molecule has 1 saturated carbocycles. The quantitative estimate of drug-likeness (QED) is 0.925. The Labute approximate surface area is 111 Å². The fourth-order valence-corrected chi connectivity index (χ4v) is 3.02. The van der Waals surface area contributed by atoms with Crippen LogP contribution in [0, 0.1) is 5.92 Å². The van der Waals surface area contributed by atoms with Gasteiger partial charge in [-0.25, -0.2) is 0 Å². The molecule has 17 heavy (non-hydrogen) atoms. The van der Waals surface area contributed by atoms with Crippen LogP contribution in [0.15, 0.2) is 22.7 Å². The van der Waals surface area contributed by atoms with Crippen molar-refractivity contribution in [3.05, 3.63) is 28.2 Å². The second-order valence-electron chi connectivity index (χ2n) is 4.77. The van der Waals surface area contributed by atoms with Crippen molar-refractivity contribution in [2.75, 3.05) is 7.11 Å². The molecule has 0 aliphatic heterocycles. The van der Waals surface area contributed by atoms with Crippen molar-refractivity contribution in [1.29, 1.82) is 0 Å². The lowest BCUT2D eigenvalue weighted by atomic mass is 9.82. The maximum absolute atomic E-state index is 10.0. The summed E-state index contributed by atoms with van der Waals surface area (Å²) in [6, 6.07) is 6.06. The van der Waals surface area contributed by atoms with Crippen LogP contribution in [0.25, 0.3) is 0 Å². The summed E-state index contributed by atoms with van der Waals surface area (Å²) in [5.41, 5.74) is 1.19. The standard InChI is InChI=1S/C14H19BrO2/c1-17-14-7-6-12(15)9-11(14)8-10-4-2-3-5-13(10)16/h6-7,9-10,13,16H,2-5,8H2,1H3. The molecule has 3 heteroatoms. The van der Waals surface area contributed by atoms with Crippen molar-refractivity contribution in [2.45, 2.75) is 38.2 Å². The normalized spacial score (nSPS) is 24.6. The van der Waals surface area contributed by atoms with Crippen molar-refractivity contribution in [2.24, 2.45) is 5.92 Å². The molecule has 94 valence electrons. The third-order valence-electron chi connectivity index (χ3n) is 3.59. The second kappa shape index (κ2) is 5.87. The highest BCUT2D eigenvalue weighted by Crippen LogP contribution is 2.31. The highest BCUT2D eigenvalue weighted by molar-refractivity contribution is 9.10. The molecule has 1 N–H and O–H groups in total. The van der Waals surface area contributed by atoms with Gasteiger partial charge in [-0.15, -0.1) is 0 Å². The van der Waals surface area contributed by atoms with Crippen LogP contribution in [0.2, 0.25) is 0 Å². The van der Waals surface area contributed by atoms with E-state index in [0.29, 0.717) is 5.92 Å². The topological polar surface area (TPSA) is 29.5 Å². The van der Waals surface area contributed by atoms with Gasteiger partial charge < -0.3 is 9.84 Å². The molecule has 0 heterocycles. The third-order valence-corrected chi connectivity index (χ3v) is 4.09. The van der Waals surface area contributed by atoms with E-state index >= 15 is 0 Å². The first-order valence-electron chi connectivity index (χ1n) is 6.21. The number of ether oxygens (including phenoxy) is 1. The largest absolute Gasteiger partial charge is 0.496 e. The molecular weight excluding hydrogens is 280 g/mol. The summed E-state index contributed by atoms with van der Waals surface area (Å²) in [6.07, 6.45) is 5.22. The van der Waals surface area contributed by atoms with Gasteiger partial charge in [-0.05, 0) is 48.9 Å². The van der Waals surface area contributed by atoms with Gasteiger partial charge >= 0.3 is 0 Å². The van der Waals surface area contributed by atoms with Crippen LogP contribution in [0.4, 0.5) is 0 Å². The Bertz CT molecular complexity index is 378. The minimum Gasteiger partial charge on any atom is -0.496 e. The van der Waals surface area contributed by atoms with E-state index in [1.807, 2.05) is 12.1 Å². The molecule has 0 saturated heterocycles. The highest BCUT2D eigenvalue weighted by Gasteiger charge is 2.24. The van der Waals surface area contributed by atoms with E-state index in [1.54, 1.807) is 7.11 Å². The first-order valence-corrected chi connectivity index (χ1v) is 7.00. The molecule has 2 unspecified atom stereocenters. The van der Waals surface area contributed by atoms with Gasteiger partial charge in [0.05, 0.1) is 13.2 Å². The summed E-state index contributed by atoms with van der Waals surface area (Å²) in [5, 5.41) is 10.0. The average molecular weight is 299 g/mol. The molecule has 1 aromatic rings. The highest BCUT2D eigenvalue weighted by atomic mass is 79.9. The molecule has 0 spiro atoms. The van der Waals surface area contributed by atoms with Crippen LogP contribution >= 0.6 is 15.9 Å². The van der Waals surface area contributed by atoms with Crippen LogP contribution in [-0.2, 0) is 6.42 Å². The lowest BCUT2D eigenvalue weighted by molar-refractivity contribution is 0.0697. The number of benzene rings is 1. The van der Waals surface area contributed by atoms with E-state index in [-0.39, 0.29) is 6.10 Å². The Balaban J connectivity index is 2.13. The monoisotopic (exact) mass is 298 g/mol. The molecule has 2 atom stereocenters. The smallest absolute Gasteiger partial charge is 0.122 e. The maximum atomic E-state index is 10.0. The van der Waals surface area contributed by atoms with Gasteiger partial charge in [0.25, 0.3) is 0 Å². The zero-order valence-electron chi connectivity index (χ0n) is 10.2. The van der Waals surface area contributed by atoms with Gasteiger partial charge in [0, 0.05) is 4.47 Å². The summed E-state index contributed by atoms with van der Waals surface area (Å²) in [5.74, 6) is 1.30. The zero-order chi connectivity index (χ0) is 12.3. The molecule has 2 rings (SSSR count). The van der Waals surface area contributed by atoms with Crippen LogP contribution in [-0.4, -0.2) is 18.3 Å². The lowest BCUT2D eigenvalue weighted by Crippen LogP contribution is -2.26. The Morgan fingerprint density at radius 3 is 2.82 bits per heavy atom. The van der Waals surface area contributed by atoms with Gasteiger partial charge in [-0.3, -0.25) is 0 Å². The molecule has 1 aliphatic carbocycles. The summed E-state index contributed by atoms with van der Waals surface area (Å²) in [6.45, 7) is 0. The number of methoxy groups -OCH3 is 1. The fraction of sp³-hybridized carbons (Fsp3) is 0.571. The predicted octanol–water partition coefficient (Wildman–Crippen LogP) is 3.55. The SMILES string of the molecule is COc1ccc(Br)cc1CC1CCCCC1O. The summed E-state index contributed by atoms with van der Waals surface area (Å²) in [7, 11) is 1.70. The fourth-order valence-electron chi connectivity index (χ4n) is 2.62. The summed E-state index contributed by atoms with van der Waals surface area (Å²) < 4.78 is 6.44. The van der Waals surface area contributed by atoms with Crippen LogP contribution in [0.3, 0.4) is 0 Å². The van der Waals surface area contributed by atoms with E-state index in [0.717, 1.165) is 35.9 Å². The molecule has 0 bridgehead atoms. The Morgan fingerprint density at radius 1 is 1.35 bits per heavy atom. The van der Waals surface area contributed by atoms with Crippen molar-refractivity contribution in [3.8, 4) is 5.75 Å². The molecule has 2 nitrogen and oxygen atoms in total. The van der Waals surface area contributed by atoms with E-state index in [1.165, 1.54) is 12.0 Å². The van der Waals surface area contributed by atoms with E-state index in [4.69, 9.17) is 4.74 Å². The number of hydrogen-bond acceptors (Lipinski definition) is 2.